The summed E-state index contributed by atoms with van der Waals surface area (Å²) in [5.74, 6) is -1.32. The van der Waals surface area contributed by atoms with Crippen LogP contribution in [-0.2, 0) is 17.4 Å². The molecule has 1 aliphatic rings. The molecule has 1 fully saturated rings. The minimum Gasteiger partial charge on any atom is -0.374 e. The third kappa shape index (κ3) is 3.53. The number of likely N-dealkylation sites (tertiary alicyclic amines) is 1. The second-order valence-corrected chi connectivity index (χ2v) is 7.49. The normalized spacial score (nSPS) is 19.7. The van der Waals surface area contributed by atoms with Crippen molar-refractivity contribution in [2.24, 2.45) is 7.05 Å². The molecule has 0 saturated carbocycles. The van der Waals surface area contributed by atoms with Gasteiger partial charge < -0.3 is 14.6 Å². The maximum absolute atomic E-state index is 13.7. The second-order valence-electron chi connectivity index (χ2n) is 7.49. The van der Waals surface area contributed by atoms with Gasteiger partial charge in [0.25, 0.3) is 0 Å². The van der Waals surface area contributed by atoms with Gasteiger partial charge in [0.1, 0.15) is 0 Å². The van der Waals surface area contributed by atoms with Crippen molar-refractivity contribution >= 4 is 5.91 Å². The molecule has 2 aromatic rings. The highest BCUT2D eigenvalue weighted by Crippen LogP contribution is 2.42. The van der Waals surface area contributed by atoms with Gasteiger partial charge in [-0.05, 0) is 43.4 Å². The number of aliphatic hydroxyl groups is 1. The summed E-state index contributed by atoms with van der Waals surface area (Å²) >= 11 is 0. The Bertz CT molecular complexity index is 878. The number of benzene rings is 1. The molecule has 0 radical (unpaired) electrons. The first-order valence-corrected chi connectivity index (χ1v) is 9.18. The van der Waals surface area contributed by atoms with E-state index in [4.69, 9.17) is 0 Å². The maximum Gasteiger partial charge on any atom is 0.425 e. The van der Waals surface area contributed by atoms with Crippen LogP contribution in [0.5, 0.6) is 0 Å². The Kier molecular flexibility index (Phi) is 5.27. The van der Waals surface area contributed by atoms with Gasteiger partial charge in [-0.25, -0.2) is 4.98 Å². The molecule has 2 unspecified atom stereocenters. The van der Waals surface area contributed by atoms with E-state index in [-0.39, 0.29) is 6.04 Å². The Labute approximate surface area is 161 Å². The topological polar surface area (TPSA) is 58.4 Å². The quantitative estimate of drug-likeness (QED) is 0.862. The molecule has 0 aliphatic carbocycles. The number of carbonyl (C=O) groups is 1. The molecule has 2 atom stereocenters. The molecule has 152 valence electrons. The van der Waals surface area contributed by atoms with E-state index >= 15 is 0 Å². The van der Waals surface area contributed by atoms with E-state index in [1.807, 2.05) is 32.0 Å². The summed E-state index contributed by atoms with van der Waals surface area (Å²) in [4.78, 5) is 18.0. The smallest absolute Gasteiger partial charge is 0.374 e. The minimum absolute atomic E-state index is 0.286. The van der Waals surface area contributed by atoms with Crippen LogP contribution < -0.4 is 0 Å². The molecule has 5 nitrogen and oxygen atoms in total. The lowest BCUT2D eigenvalue weighted by atomic mass is 9.95. The number of hydrogen-bond acceptors (Lipinski definition) is 3. The number of amides is 1. The Balaban J connectivity index is 1.89. The summed E-state index contributed by atoms with van der Waals surface area (Å²) in [5, 5.41) is 10.5. The number of halogens is 3. The van der Waals surface area contributed by atoms with E-state index in [0.717, 1.165) is 21.3 Å². The summed E-state index contributed by atoms with van der Waals surface area (Å²) in [6, 6.07) is 5.55. The number of aryl methyl sites for hydroxylation is 3. The minimum atomic E-state index is -5.03. The average molecular weight is 395 g/mol. The van der Waals surface area contributed by atoms with Gasteiger partial charge >= 0.3 is 6.18 Å². The van der Waals surface area contributed by atoms with Crippen LogP contribution in [0.2, 0.25) is 0 Å². The predicted octanol–water partition coefficient (Wildman–Crippen LogP) is 3.54. The van der Waals surface area contributed by atoms with E-state index in [1.165, 1.54) is 24.3 Å². The Morgan fingerprint density at radius 3 is 2.57 bits per heavy atom. The van der Waals surface area contributed by atoms with Crippen LogP contribution in [0.25, 0.3) is 0 Å². The number of hydrogen-bond donors (Lipinski definition) is 1. The zero-order valence-corrected chi connectivity index (χ0v) is 16.1. The number of alkyl halides is 3. The van der Waals surface area contributed by atoms with Crippen LogP contribution in [0.3, 0.4) is 0 Å². The fraction of sp³-hybridized carbons (Fsp3) is 0.500. The van der Waals surface area contributed by atoms with Crippen LogP contribution in [0.15, 0.2) is 30.6 Å². The van der Waals surface area contributed by atoms with E-state index < -0.39 is 29.9 Å². The molecule has 8 heteroatoms. The first kappa shape index (κ1) is 20.4. The van der Waals surface area contributed by atoms with E-state index in [1.54, 1.807) is 0 Å². The van der Waals surface area contributed by atoms with Crippen LogP contribution in [-0.4, -0.2) is 38.2 Å². The van der Waals surface area contributed by atoms with Crippen molar-refractivity contribution in [3.63, 3.8) is 0 Å². The van der Waals surface area contributed by atoms with Crippen LogP contribution in [0.1, 0.15) is 47.8 Å². The fourth-order valence-corrected chi connectivity index (χ4v) is 3.77. The van der Waals surface area contributed by atoms with Crippen LogP contribution >= 0.6 is 0 Å². The molecule has 1 aromatic heterocycles. The zero-order chi connectivity index (χ0) is 20.7. The van der Waals surface area contributed by atoms with E-state index in [9.17, 15) is 23.1 Å². The Morgan fingerprint density at radius 1 is 1.29 bits per heavy atom. The van der Waals surface area contributed by atoms with Crippen molar-refractivity contribution in [2.45, 2.75) is 50.9 Å². The maximum atomic E-state index is 13.7. The Hall–Kier alpha value is -2.35. The van der Waals surface area contributed by atoms with Gasteiger partial charge in [0.2, 0.25) is 11.5 Å². The monoisotopic (exact) mass is 395 g/mol. The third-order valence-electron chi connectivity index (χ3n) is 5.56. The predicted molar refractivity (Wildman–Crippen MR) is 97.4 cm³/mol. The number of nitrogens with zero attached hydrogens (tertiary/aromatic N) is 3. The average Bonchev–Trinajstić information content (AvgIpc) is 3.25. The van der Waals surface area contributed by atoms with Crippen molar-refractivity contribution in [2.75, 3.05) is 6.54 Å². The standard InChI is InChI=1S/C20H24F3N3O2/c1-13-6-7-15(11-14(13)2)16-5-4-9-26(16)17(27)12-19(28,20(21,22)23)18-24-8-10-25(18)3/h6-8,10-11,16,28H,4-5,9,12H2,1-3H3. The molecule has 1 N–H and O–H groups in total. The lowest BCUT2D eigenvalue weighted by Crippen LogP contribution is -2.48. The number of carbonyl (C=O) groups excluding carboxylic acids is 1. The summed E-state index contributed by atoms with van der Waals surface area (Å²) < 4.78 is 42.3. The van der Waals surface area contributed by atoms with Gasteiger partial charge in [0.05, 0.1) is 12.5 Å². The van der Waals surface area contributed by atoms with Gasteiger partial charge in [-0.3, -0.25) is 4.79 Å². The van der Waals surface area contributed by atoms with Crippen molar-refractivity contribution in [3.05, 3.63) is 53.1 Å². The van der Waals surface area contributed by atoms with Gasteiger partial charge in [-0.15, -0.1) is 0 Å². The molecule has 28 heavy (non-hydrogen) atoms. The van der Waals surface area contributed by atoms with Gasteiger partial charge in [0.15, 0.2) is 5.82 Å². The fourth-order valence-electron chi connectivity index (χ4n) is 3.77. The largest absolute Gasteiger partial charge is 0.425 e. The summed E-state index contributed by atoms with van der Waals surface area (Å²) in [5.41, 5.74) is -0.252. The van der Waals surface area contributed by atoms with Crippen molar-refractivity contribution in [1.29, 1.82) is 0 Å². The highest BCUT2D eigenvalue weighted by molar-refractivity contribution is 5.78. The molecule has 0 spiro atoms. The lowest BCUT2D eigenvalue weighted by Gasteiger charge is -2.33. The first-order chi connectivity index (χ1) is 13.0. The zero-order valence-electron chi connectivity index (χ0n) is 16.1. The molecular weight excluding hydrogens is 371 g/mol. The SMILES string of the molecule is Cc1ccc(C2CCCN2C(=O)CC(O)(c2nccn2C)C(F)(F)F)cc1C. The second kappa shape index (κ2) is 7.24. The van der Waals surface area contributed by atoms with Crippen LogP contribution in [0, 0.1) is 13.8 Å². The van der Waals surface area contributed by atoms with E-state index in [0.29, 0.717) is 19.4 Å². The van der Waals surface area contributed by atoms with Crippen molar-refractivity contribution in [3.8, 4) is 0 Å². The van der Waals surface area contributed by atoms with Gasteiger partial charge in [-0.2, -0.15) is 13.2 Å². The molecule has 1 aromatic carbocycles. The first-order valence-electron chi connectivity index (χ1n) is 9.18. The Morgan fingerprint density at radius 2 is 2.00 bits per heavy atom. The number of imidazole rings is 1. The van der Waals surface area contributed by atoms with Gasteiger partial charge in [0, 0.05) is 26.0 Å². The lowest BCUT2D eigenvalue weighted by molar-refractivity contribution is -0.272. The number of aromatic nitrogens is 2. The molecule has 2 heterocycles. The van der Waals surface area contributed by atoms with Crippen molar-refractivity contribution < 1.29 is 23.1 Å². The molecule has 0 bridgehead atoms. The summed E-state index contributed by atoms with van der Waals surface area (Å²) in [6.07, 6.45) is -2.26. The molecule has 3 rings (SSSR count). The van der Waals surface area contributed by atoms with Crippen LogP contribution in [0.4, 0.5) is 13.2 Å². The summed E-state index contributed by atoms with van der Waals surface area (Å²) in [7, 11) is 1.36. The number of rotatable bonds is 4. The van der Waals surface area contributed by atoms with E-state index in [2.05, 4.69) is 4.98 Å². The molecule has 1 saturated heterocycles. The highest BCUT2D eigenvalue weighted by atomic mass is 19.4. The highest BCUT2D eigenvalue weighted by Gasteiger charge is 2.59. The summed E-state index contributed by atoms with van der Waals surface area (Å²) in [6.45, 7) is 4.31. The molecular formula is C20H24F3N3O2. The molecule has 1 aliphatic heterocycles. The molecule has 1 amide bonds. The van der Waals surface area contributed by atoms with Crippen molar-refractivity contribution in [1.82, 2.24) is 14.5 Å². The third-order valence-corrected chi connectivity index (χ3v) is 5.56. The van der Waals surface area contributed by atoms with Gasteiger partial charge in [-0.1, -0.05) is 18.2 Å².